The van der Waals surface area contributed by atoms with Gasteiger partial charge in [-0.3, -0.25) is 0 Å². The summed E-state index contributed by atoms with van der Waals surface area (Å²) < 4.78 is 69.2. The van der Waals surface area contributed by atoms with Gasteiger partial charge in [-0.2, -0.15) is 5.10 Å². The number of rotatable bonds is 7. The van der Waals surface area contributed by atoms with Crippen LogP contribution >= 0.6 is 0 Å². The predicted molar refractivity (Wildman–Crippen MR) is 95.6 cm³/mol. The summed E-state index contributed by atoms with van der Waals surface area (Å²) >= 11 is 0. The number of para-hydroxylation sites is 1. The Morgan fingerprint density at radius 1 is 1.07 bits per heavy atom. The van der Waals surface area contributed by atoms with Gasteiger partial charge in [-0.25, -0.2) is 17.8 Å². The lowest BCUT2D eigenvalue weighted by Gasteiger charge is -2.11. The van der Waals surface area contributed by atoms with E-state index in [0.717, 1.165) is 23.4 Å². The third-order valence-corrected chi connectivity index (χ3v) is 5.17. The van der Waals surface area contributed by atoms with Gasteiger partial charge in [0.25, 0.3) is 0 Å². The van der Waals surface area contributed by atoms with Gasteiger partial charge in [0.1, 0.15) is 5.75 Å². The molecule has 1 aromatic heterocycles. The van der Waals surface area contributed by atoms with Gasteiger partial charge in [0, 0.05) is 18.8 Å². The van der Waals surface area contributed by atoms with Gasteiger partial charge in [-0.05, 0) is 36.2 Å². The number of nitrogens with one attached hydrogen (secondary N) is 1. The van der Waals surface area contributed by atoms with Crippen molar-refractivity contribution in [3.8, 4) is 11.4 Å². The first-order chi connectivity index (χ1) is 13.2. The number of sulfonamides is 1. The van der Waals surface area contributed by atoms with Gasteiger partial charge in [0.2, 0.25) is 10.0 Å². The summed E-state index contributed by atoms with van der Waals surface area (Å²) in [5.74, 6) is -0.598. The highest BCUT2D eigenvalue weighted by molar-refractivity contribution is 7.89. The van der Waals surface area contributed by atoms with Crippen LogP contribution in [-0.4, -0.2) is 31.1 Å². The lowest BCUT2D eigenvalue weighted by molar-refractivity contribution is -0.274. The van der Waals surface area contributed by atoms with E-state index in [4.69, 9.17) is 0 Å². The van der Waals surface area contributed by atoms with Crippen molar-refractivity contribution in [1.29, 1.82) is 0 Å². The van der Waals surface area contributed by atoms with Crippen LogP contribution in [0.3, 0.4) is 0 Å². The Morgan fingerprint density at radius 2 is 1.82 bits per heavy atom. The molecule has 1 heterocycles. The Labute approximate surface area is 159 Å². The van der Waals surface area contributed by atoms with Gasteiger partial charge >= 0.3 is 6.36 Å². The van der Waals surface area contributed by atoms with Crippen LogP contribution in [0, 0.1) is 0 Å². The van der Waals surface area contributed by atoms with Crippen LogP contribution in [0.4, 0.5) is 13.2 Å². The van der Waals surface area contributed by atoms with Gasteiger partial charge in [0.05, 0.1) is 16.8 Å². The van der Waals surface area contributed by atoms with E-state index in [1.54, 1.807) is 17.1 Å². The maximum atomic E-state index is 12.3. The molecule has 0 saturated heterocycles. The molecule has 0 atom stereocenters. The first-order valence-electron chi connectivity index (χ1n) is 8.17. The summed E-state index contributed by atoms with van der Waals surface area (Å²) in [6.45, 7) is 0.0627. The van der Waals surface area contributed by atoms with Crippen LogP contribution in [0.2, 0.25) is 0 Å². The van der Waals surface area contributed by atoms with Crippen LogP contribution in [0.25, 0.3) is 5.69 Å². The van der Waals surface area contributed by atoms with Crippen molar-refractivity contribution in [2.24, 2.45) is 0 Å². The molecule has 3 rings (SSSR count). The normalized spacial score (nSPS) is 12.1. The first kappa shape index (κ1) is 19.9. The molecule has 1 N–H and O–H groups in total. The molecule has 0 radical (unpaired) electrons. The molecule has 0 aliphatic carbocycles. The van der Waals surface area contributed by atoms with Crippen LogP contribution in [-0.2, 0) is 16.4 Å². The van der Waals surface area contributed by atoms with Crippen molar-refractivity contribution in [3.63, 3.8) is 0 Å². The fraction of sp³-hybridized carbons (Fsp3) is 0.167. The van der Waals surface area contributed by atoms with Crippen molar-refractivity contribution in [2.45, 2.75) is 17.7 Å². The van der Waals surface area contributed by atoms with E-state index in [0.29, 0.717) is 6.42 Å². The smallest absolute Gasteiger partial charge is 0.406 e. The summed E-state index contributed by atoms with van der Waals surface area (Å²) in [6, 6.07) is 13.6. The summed E-state index contributed by atoms with van der Waals surface area (Å²) in [6.07, 6.45) is -1.12. The maximum Gasteiger partial charge on any atom is 0.573 e. The van der Waals surface area contributed by atoms with Crippen molar-refractivity contribution >= 4 is 10.0 Å². The lowest BCUT2D eigenvalue weighted by atomic mass is 10.2. The molecule has 0 saturated carbocycles. The number of alkyl halides is 3. The summed E-state index contributed by atoms with van der Waals surface area (Å²) in [4.78, 5) is -0.311. The third kappa shape index (κ3) is 5.33. The molecule has 0 amide bonds. The molecule has 10 heteroatoms. The van der Waals surface area contributed by atoms with Crippen LogP contribution in [0.1, 0.15) is 5.56 Å². The second-order valence-electron chi connectivity index (χ2n) is 5.80. The minimum absolute atomic E-state index is 0.0627. The number of halogens is 3. The highest BCUT2D eigenvalue weighted by Gasteiger charge is 2.31. The van der Waals surface area contributed by atoms with Crippen molar-refractivity contribution < 1.29 is 26.3 Å². The molecule has 3 aromatic rings. The molecular weight excluding hydrogens is 395 g/mol. The predicted octanol–water partition coefficient (Wildman–Crippen LogP) is 3.29. The van der Waals surface area contributed by atoms with E-state index in [9.17, 15) is 21.6 Å². The van der Waals surface area contributed by atoms with E-state index in [1.165, 1.54) is 12.1 Å². The fourth-order valence-corrected chi connectivity index (χ4v) is 3.53. The van der Waals surface area contributed by atoms with Crippen LogP contribution in [0.15, 0.2) is 71.9 Å². The molecule has 0 aliphatic rings. The number of nitrogens with zero attached hydrogens (tertiary/aromatic N) is 2. The third-order valence-electron chi connectivity index (χ3n) is 3.71. The average molecular weight is 411 g/mol. The molecule has 148 valence electrons. The van der Waals surface area contributed by atoms with E-state index >= 15 is 0 Å². The summed E-state index contributed by atoms with van der Waals surface area (Å²) in [7, 11) is -3.98. The van der Waals surface area contributed by atoms with Crippen LogP contribution in [0.5, 0.6) is 5.75 Å². The fourth-order valence-electron chi connectivity index (χ4n) is 2.46. The van der Waals surface area contributed by atoms with Crippen molar-refractivity contribution in [3.05, 3.63) is 72.6 Å². The Morgan fingerprint density at radius 3 is 2.54 bits per heavy atom. The Balaban J connectivity index is 1.61. The largest absolute Gasteiger partial charge is 0.573 e. The second-order valence-corrected chi connectivity index (χ2v) is 7.57. The maximum absolute atomic E-state index is 12.3. The molecule has 0 spiro atoms. The van der Waals surface area contributed by atoms with E-state index in [-0.39, 0.29) is 11.4 Å². The highest BCUT2D eigenvalue weighted by Crippen LogP contribution is 2.24. The van der Waals surface area contributed by atoms with Crippen LogP contribution < -0.4 is 9.46 Å². The molecule has 2 aromatic carbocycles. The summed E-state index contributed by atoms with van der Waals surface area (Å²) in [5, 5.41) is 4.22. The van der Waals surface area contributed by atoms with Gasteiger partial charge in [-0.15, -0.1) is 13.2 Å². The molecule has 6 nitrogen and oxygen atoms in total. The minimum atomic E-state index is -4.89. The molecular formula is C18H16F3N3O3S. The van der Waals surface area contributed by atoms with E-state index in [1.807, 2.05) is 30.3 Å². The van der Waals surface area contributed by atoms with E-state index in [2.05, 4.69) is 14.6 Å². The monoisotopic (exact) mass is 411 g/mol. The van der Waals surface area contributed by atoms with Crippen molar-refractivity contribution in [2.75, 3.05) is 6.54 Å². The van der Waals surface area contributed by atoms with Crippen molar-refractivity contribution in [1.82, 2.24) is 14.5 Å². The zero-order valence-electron chi connectivity index (χ0n) is 14.4. The highest BCUT2D eigenvalue weighted by atomic mass is 32.2. The standard InChI is InChI=1S/C18H16F3N3O3S/c19-18(20,21)27-16-7-4-8-17(11-16)28(25,26)23-10-9-14-12-22-24(13-14)15-5-2-1-3-6-15/h1-8,11-13,23H,9-10H2. The zero-order chi connectivity index (χ0) is 20.2. The number of hydrogen-bond acceptors (Lipinski definition) is 4. The van der Waals surface area contributed by atoms with Gasteiger partial charge in [-0.1, -0.05) is 24.3 Å². The quantitative estimate of drug-likeness (QED) is 0.648. The molecule has 0 fully saturated rings. The molecule has 0 bridgehead atoms. The van der Waals surface area contributed by atoms with Gasteiger partial charge < -0.3 is 4.74 Å². The number of benzene rings is 2. The number of ether oxygens (including phenoxy) is 1. The number of aromatic nitrogens is 2. The zero-order valence-corrected chi connectivity index (χ0v) is 15.2. The summed E-state index contributed by atoms with van der Waals surface area (Å²) in [5.41, 5.74) is 1.68. The second kappa shape index (κ2) is 8.03. The Hall–Kier alpha value is -2.85. The Kier molecular flexibility index (Phi) is 5.71. The molecule has 0 aliphatic heterocycles. The SMILES string of the molecule is O=S(=O)(NCCc1cnn(-c2ccccc2)c1)c1cccc(OC(F)(F)F)c1. The van der Waals surface area contributed by atoms with E-state index < -0.39 is 22.1 Å². The topological polar surface area (TPSA) is 73.2 Å². The average Bonchev–Trinajstić information content (AvgIpc) is 3.10. The molecule has 28 heavy (non-hydrogen) atoms. The first-order valence-corrected chi connectivity index (χ1v) is 9.66. The Bertz CT molecular complexity index is 1030. The lowest BCUT2D eigenvalue weighted by Crippen LogP contribution is -2.26. The molecule has 0 unspecified atom stereocenters. The number of hydrogen-bond donors (Lipinski definition) is 1. The minimum Gasteiger partial charge on any atom is -0.406 e. The van der Waals surface area contributed by atoms with Gasteiger partial charge in [0.15, 0.2) is 0 Å².